The molecular formula is C25H31F3N2O2S2. The van der Waals surface area contributed by atoms with Crippen LogP contribution in [-0.2, 0) is 17.5 Å². The van der Waals surface area contributed by atoms with Gasteiger partial charge in [-0.1, -0.05) is 50.6 Å². The maximum Gasteiger partial charge on any atom is 0.573 e. The minimum absolute atomic E-state index is 0.263. The number of thiophene rings is 1. The van der Waals surface area contributed by atoms with Gasteiger partial charge in [-0.05, 0) is 61.1 Å². The van der Waals surface area contributed by atoms with Crippen LogP contribution in [0, 0.1) is 0 Å². The van der Waals surface area contributed by atoms with Gasteiger partial charge in [0.2, 0.25) is 0 Å². The van der Waals surface area contributed by atoms with Crippen LogP contribution in [0.4, 0.5) is 18.2 Å². The number of likely N-dealkylation sites (tertiary alicyclic amines) is 1. The lowest BCUT2D eigenvalue weighted by Gasteiger charge is -2.28. The molecule has 34 heavy (non-hydrogen) atoms. The van der Waals surface area contributed by atoms with Crippen LogP contribution >= 0.6 is 11.3 Å². The van der Waals surface area contributed by atoms with E-state index in [4.69, 9.17) is 0 Å². The van der Waals surface area contributed by atoms with Gasteiger partial charge in [0.15, 0.2) is 0 Å². The summed E-state index contributed by atoms with van der Waals surface area (Å²) in [6.45, 7) is 7.19. The zero-order chi connectivity index (χ0) is 24.6. The molecule has 9 heteroatoms. The molecule has 2 aromatic carbocycles. The molecule has 186 valence electrons. The van der Waals surface area contributed by atoms with E-state index in [-0.39, 0.29) is 5.75 Å². The van der Waals surface area contributed by atoms with Crippen LogP contribution in [0.25, 0.3) is 10.1 Å². The molecule has 0 bridgehead atoms. The third-order valence-electron chi connectivity index (χ3n) is 5.42. The topological polar surface area (TPSA) is 32.8 Å². The average Bonchev–Trinajstić information content (AvgIpc) is 3.27. The van der Waals surface area contributed by atoms with Crippen LogP contribution < -0.4 is 9.04 Å². The molecular weight excluding hydrogens is 481 g/mol. The molecule has 1 fully saturated rings. The molecule has 3 aromatic rings. The Hall–Kier alpha value is -2.10. The zero-order valence-corrected chi connectivity index (χ0v) is 21.1. The minimum Gasteiger partial charge on any atom is -0.406 e. The largest absolute Gasteiger partial charge is 0.573 e. The number of hydrogen-bond donors (Lipinski definition) is 0. The van der Waals surface area contributed by atoms with Gasteiger partial charge in [0.25, 0.3) is 0 Å². The molecule has 4 rings (SSSR count). The summed E-state index contributed by atoms with van der Waals surface area (Å²) in [7, 11) is -1.27. The van der Waals surface area contributed by atoms with Crippen molar-refractivity contribution in [2.45, 2.75) is 46.0 Å². The fourth-order valence-corrected chi connectivity index (χ4v) is 6.32. The van der Waals surface area contributed by atoms with Crippen molar-refractivity contribution in [3.63, 3.8) is 0 Å². The van der Waals surface area contributed by atoms with E-state index in [0.717, 1.165) is 40.3 Å². The predicted molar refractivity (Wildman–Crippen MR) is 136 cm³/mol. The molecule has 0 amide bonds. The average molecular weight is 513 g/mol. The van der Waals surface area contributed by atoms with Crippen LogP contribution in [0.2, 0.25) is 0 Å². The first-order chi connectivity index (χ1) is 16.4. The standard InChI is InChI=1S/C23H25F3N2O2S2.C2H6/c24-23(25,26)30-20-10-8-18(9-11-20)17-28(22-16-19-6-2-3-7-21(19)31-22)32(29)15-14-27-12-4-1-5-13-27;1-2/h2-3,6-11,16H,1,4-5,12-15,17H2;1-2H3. The number of nitrogens with zero attached hydrogens (tertiary/aromatic N) is 2. The van der Waals surface area contributed by atoms with Crippen LogP contribution in [0.1, 0.15) is 38.7 Å². The van der Waals surface area contributed by atoms with Crippen molar-refractivity contribution in [3.05, 3.63) is 60.2 Å². The van der Waals surface area contributed by atoms with Crippen molar-refractivity contribution in [1.29, 1.82) is 0 Å². The quantitative estimate of drug-likeness (QED) is 0.326. The third-order valence-corrected chi connectivity index (χ3v) is 8.02. The number of benzene rings is 2. The van der Waals surface area contributed by atoms with Crippen LogP contribution in [0.5, 0.6) is 5.75 Å². The molecule has 1 aliphatic heterocycles. The Morgan fingerprint density at radius 2 is 1.71 bits per heavy atom. The van der Waals surface area contributed by atoms with Gasteiger partial charge in [0.1, 0.15) is 21.7 Å². The summed E-state index contributed by atoms with van der Waals surface area (Å²) in [5, 5.41) is 1.97. The fraction of sp³-hybridized carbons (Fsp3) is 0.440. The van der Waals surface area contributed by atoms with Gasteiger partial charge >= 0.3 is 6.36 Å². The lowest BCUT2D eigenvalue weighted by atomic mass is 10.1. The van der Waals surface area contributed by atoms with E-state index in [1.54, 1.807) is 23.5 Å². The SMILES string of the molecule is CC.O=S(CCN1CCCCC1)N(Cc1ccc(OC(F)(F)F)cc1)c1cc2ccccc2s1. The molecule has 1 unspecified atom stereocenters. The molecule has 1 saturated heterocycles. The van der Waals surface area contributed by atoms with Crippen LogP contribution in [0.3, 0.4) is 0 Å². The van der Waals surface area contributed by atoms with Gasteiger partial charge in [-0.15, -0.1) is 24.5 Å². The maximum absolute atomic E-state index is 13.4. The molecule has 2 heterocycles. The van der Waals surface area contributed by atoms with Gasteiger partial charge in [0, 0.05) is 11.2 Å². The highest BCUT2D eigenvalue weighted by Gasteiger charge is 2.31. The van der Waals surface area contributed by atoms with Crippen molar-refractivity contribution < 1.29 is 22.1 Å². The van der Waals surface area contributed by atoms with Gasteiger partial charge in [-0.3, -0.25) is 4.31 Å². The summed E-state index contributed by atoms with van der Waals surface area (Å²) < 4.78 is 57.6. The number of anilines is 1. The van der Waals surface area contributed by atoms with Gasteiger partial charge in [0.05, 0.1) is 12.3 Å². The Kier molecular flexibility index (Phi) is 9.79. The Morgan fingerprint density at radius 3 is 2.35 bits per heavy atom. The molecule has 0 spiro atoms. The van der Waals surface area contributed by atoms with E-state index in [0.29, 0.717) is 12.3 Å². The number of alkyl halides is 3. The number of rotatable bonds is 8. The van der Waals surface area contributed by atoms with Crippen molar-refractivity contribution >= 4 is 37.4 Å². The Balaban J connectivity index is 0.00000158. The highest BCUT2D eigenvalue weighted by molar-refractivity contribution is 7.86. The molecule has 1 aromatic heterocycles. The maximum atomic E-state index is 13.4. The first-order valence-corrected chi connectivity index (χ1v) is 13.7. The first-order valence-electron chi connectivity index (χ1n) is 11.6. The smallest absolute Gasteiger partial charge is 0.406 e. The zero-order valence-electron chi connectivity index (χ0n) is 19.5. The van der Waals surface area contributed by atoms with Gasteiger partial charge in [-0.2, -0.15) is 0 Å². The molecule has 1 atom stereocenters. The Morgan fingerprint density at radius 1 is 1.03 bits per heavy atom. The number of ether oxygens (including phenoxy) is 1. The Bertz CT molecular complexity index is 1020. The summed E-state index contributed by atoms with van der Waals surface area (Å²) >= 11 is 1.57. The second kappa shape index (κ2) is 12.6. The second-order valence-corrected chi connectivity index (χ2v) is 10.3. The number of piperidine rings is 1. The molecule has 0 N–H and O–H groups in total. The lowest BCUT2D eigenvalue weighted by Crippen LogP contribution is -2.36. The molecule has 4 nitrogen and oxygen atoms in total. The Labute approximate surface area is 205 Å². The molecule has 0 saturated carbocycles. The minimum atomic E-state index is -4.72. The van der Waals surface area contributed by atoms with E-state index in [9.17, 15) is 17.4 Å². The molecule has 0 aliphatic carbocycles. The number of halogens is 3. The van der Waals surface area contributed by atoms with E-state index in [1.165, 1.54) is 31.4 Å². The summed E-state index contributed by atoms with van der Waals surface area (Å²) in [4.78, 5) is 2.35. The normalized spacial score (nSPS) is 15.4. The van der Waals surface area contributed by atoms with E-state index >= 15 is 0 Å². The van der Waals surface area contributed by atoms with Crippen molar-refractivity contribution in [2.75, 3.05) is 29.7 Å². The molecule has 1 aliphatic rings. The van der Waals surface area contributed by atoms with Crippen molar-refractivity contribution in [1.82, 2.24) is 4.90 Å². The van der Waals surface area contributed by atoms with Gasteiger partial charge < -0.3 is 9.64 Å². The highest BCUT2D eigenvalue weighted by Crippen LogP contribution is 2.34. The summed E-state index contributed by atoms with van der Waals surface area (Å²) in [5.74, 6) is 0.254. The second-order valence-electron chi connectivity index (χ2n) is 7.78. The lowest BCUT2D eigenvalue weighted by molar-refractivity contribution is -0.274. The number of fused-ring (bicyclic) bond motifs is 1. The monoisotopic (exact) mass is 512 g/mol. The van der Waals surface area contributed by atoms with Crippen LogP contribution in [0.15, 0.2) is 54.6 Å². The summed E-state index contributed by atoms with van der Waals surface area (Å²) in [6, 6.07) is 15.8. The van der Waals surface area contributed by atoms with Crippen molar-refractivity contribution in [3.8, 4) is 5.75 Å². The highest BCUT2D eigenvalue weighted by atomic mass is 32.2. The van der Waals surface area contributed by atoms with Crippen LogP contribution in [-0.4, -0.2) is 40.9 Å². The van der Waals surface area contributed by atoms with E-state index in [2.05, 4.69) is 9.64 Å². The third kappa shape index (κ3) is 7.71. The molecule has 0 radical (unpaired) electrons. The fourth-order valence-electron chi connectivity index (χ4n) is 3.80. The summed E-state index contributed by atoms with van der Waals surface area (Å²) in [5.41, 5.74) is 0.767. The van der Waals surface area contributed by atoms with Crippen molar-refractivity contribution in [2.24, 2.45) is 0 Å². The first kappa shape index (κ1) is 26.5. The predicted octanol–water partition coefficient (Wildman–Crippen LogP) is 6.98. The van der Waals surface area contributed by atoms with E-state index in [1.807, 2.05) is 48.5 Å². The van der Waals surface area contributed by atoms with Gasteiger partial charge in [-0.25, -0.2) is 4.21 Å². The number of hydrogen-bond acceptors (Lipinski definition) is 4. The van der Waals surface area contributed by atoms with E-state index < -0.39 is 17.3 Å². The summed E-state index contributed by atoms with van der Waals surface area (Å²) in [6.07, 6.45) is -1.11.